The van der Waals surface area contributed by atoms with Crippen LogP contribution in [0, 0.1) is 0 Å². The summed E-state index contributed by atoms with van der Waals surface area (Å²) in [5.74, 6) is -1.96. The third-order valence-electron chi connectivity index (χ3n) is 1.44. The average molecular weight is 417 g/mol. The van der Waals surface area contributed by atoms with Crippen LogP contribution in [0.25, 0.3) is 0 Å². The molecule has 0 aliphatic heterocycles. The Bertz CT molecular complexity index is 259. The zero-order chi connectivity index (χ0) is 23.8. The molecule has 0 heterocycles. The molecule has 0 bridgehead atoms. The lowest BCUT2D eigenvalue weighted by Crippen LogP contribution is -2.15. The van der Waals surface area contributed by atoms with Gasteiger partial charge in [-0.25, -0.2) is 9.59 Å². The maximum atomic E-state index is 9.25. The molecule has 0 fully saturated rings. The molecule has 0 aliphatic rings. The third kappa shape index (κ3) is 154. The average Bonchev–Trinajstić information content (AvgIpc) is 2.74. The van der Waals surface area contributed by atoms with Crippen molar-refractivity contribution in [3.8, 4) is 0 Å². The molecule has 0 aliphatic carbocycles. The van der Waals surface area contributed by atoms with E-state index in [0.717, 1.165) is 31.4 Å². The van der Waals surface area contributed by atoms with Crippen molar-refractivity contribution in [2.24, 2.45) is 0 Å². The molecule has 0 saturated heterocycles. The Morgan fingerprint density at radius 3 is 0.857 bits per heavy atom. The summed E-state index contributed by atoms with van der Waals surface area (Å²) in [6, 6.07) is 0. The Morgan fingerprint density at radius 1 is 0.714 bits per heavy atom. The van der Waals surface area contributed by atoms with Gasteiger partial charge < -0.3 is 40.9 Å². The summed E-state index contributed by atoms with van der Waals surface area (Å²) >= 11 is 0. The lowest BCUT2D eigenvalue weighted by molar-refractivity contribution is -0.132. The number of aliphatic carboxylic acids is 2. The minimum atomic E-state index is -0.981. The van der Waals surface area contributed by atoms with Crippen LogP contribution in [-0.2, 0) is 9.59 Å². The van der Waals surface area contributed by atoms with Crippen molar-refractivity contribution >= 4 is 11.9 Å². The molecule has 28 heavy (non-hydrogen) atoms. The molecule has 0 rings (SSSR count). The Hall–Kier alpha value is -1.82. The standard InChI is InChI=1S/C3H8O3.2C3H4O2.3C3H8O/c4-1-3(6)2-5;2*1-2-3(4)5;3*1-2-3-4/h3-6H,1-2H2;2*2H,1H2,(H,4,5);3*4H,2-3H2,1H3. The van der Waals surface area contributed by atoms with E-state index in [9.17, 15) is 9.59 Å². The van der Waals surface area contributed by atoms with E-state index in [1.54, 1.807) is 0 Å². The first kappa shape index (κ1) is 40.8. The zero-order valence-electron chi connectivity index (χ0n) is 17.2. The van der Waals surface area contributed by atoms with Crippen LogP contribution in [0.15, 0.2) is 25.3 Å². The topological polar surface area (TPSA) is 196 Å². The van der Waals surface area contributed by atoms with Crippen molar-refractivity contribution in [2.45, 2.75) is 46.1 Å². The van der Waals surface area contributed by atoms with E-state index in [4.69, 9.17) is 40.9 Å². The number of hydrogen-bond acceptors (Lipinski definition) is 8. The molecule has 10 heteroatoms. The van der Waals surface area contributed by atoms with Crippen LogP contribution in [0.5, 0.6) is 0 Å². The highest BCUT2D eigenvalue weighted by molar-refractivity contribution is 5.79. The maximum Gasteiger partial charge on any atom is 0.327 e. The van der Waals surface area contributed by atoms with Crippen LogP contribution in [0.1, 0.15) is 40.0 Å². The fraction of sp³-hybridized carbons (Fsp3) is 0.667. The van der Waals surface area contributed by atoms with Gasteiger partial charge >= 0.3 is 11.9 Å². The van der Waals surface area contributed by atoms with Crippen LogP contribution in [0.2, 0.25) is 0 Å². The first-order valence-electron chi connectivity index (χ1n) is 8.53. The van der Waals surface area contributed by atoms with E-state index in [-0.39, 0.29) is 13.2 Å². The second kappa shape index (κ2) is 49.9. The molecule has 0 aromatic heterocycles. The summed E-state index contributed by atoms with van der Waals surface area (Å²) in [5, 5.41) is 62.8. The zero-order valence-corrected chi connectivity index (χ0v) is 17.2. The third-order valence-corrected chi connectivity index (χ3v) is 1.44. The van der Waals surface area contributed by atoms with E-state index >= 15 is 0 Å². The second-order valence-corrected chi connectivity index (χ2v) is 4.27. The number of rotatable bonds is 7. The lowest BCUT2D eigenvalue weighted by atomic mass is 10.4. The first-order valence-corrected chi connectivity index (χ1v) is 8.53. The van der Waals surface area contributed by atoms with Crippen molar-refractivity contribution in [1.29, 1.82) is 0 Å². The summed E-state index contributed by atoms with van der Waals surface area (Å²) in [6.07, 6.45) is 3.34. The van der Waals surface area contributed by atoms with Gasteiger partial charge in [0.05, 0.1) is 13.2 Å². The van der Waals surface area contributed by atoms with Crippen LogP contribution in [0.3, 0.4) is 0 Å². The van der Waals surface area contributed by atoms with E-state index in [1.165, 1.54) is 0 Å². The molecule has 172 valence electrons. The molecule has 0 unspecified atom stereocenters. The van der Waals surface area contributed by atoms with Gasteiger partial charge in [0.15, 0.2) is 0 Å². The number of carboxylic acid groups (broad SMARTS) is 2. The first-order chi connectivity index (χ1) is 13.1. The summed E-state index contributed by atoms with van der Waals surface area (Å²) in [4.78, 5) is 18.5. The molecule has 0 atom stereocenters. The summed E-state index contributed by atoms with van der Waals surface area (Å²) < 4.78 is 0. The van der Waals surface area contributed by atoms with E-state index in [2.05, 4.69) is 13.2 Å². The molecule has 0 saturated carbocycles. The molecule has 0 amide bonds. The largest absolute Gasteiger partial charge is 0.478 e. The molecular formula is C18H40O10. The lowest BCUT2D eigenvalue weighted by Gasteiger charge is -1.96. The number of aliphatic hydroxyl groups excluding tert-OH is 6. The molecule has 10 nitrogen and oxygen atoms in total. The Morgan fingerprint density at radius 2 is 0.857 bits per heavy atom. The highest BCUT2D eigenvalue weighted by Crippen LogP contribution is 1.71. The minimum absolute atomic E-state index is 0.319. The highest BCUT2D eigenvalue weighted by atomic mass is 16.4. The van der Waals surface area contributed by atoms with Crippen molar-refractivity contribution in [3.63, 3.8) is 0 Å². The number of carbonyl (C=O) groups is 2. The number of carboxylic acids is 2. The number of aliphatic hydroxyl groups is 6. The fourth-order valence-corrected chi connectivity index (χ4v) is 0.0577. The highest BCUT2D eigenvalue weighted by Gasteiger charge is 1.93. The normalized spacial score (nSPS) is 7.64. The molecule has 8 N–H and O–H groups in total. The Balaban J connectivity index is -0.0000000523. The van der Waals surface area contributed by atoms with Crippen molar-refractivity contribution in [1.82, 2.24) is 0 Å². The van der Waals surface area contributed by atoms with Crippen LogP contribution >= 0.6 is 0 Å². The number of hydrogen-bond donors (Lipinski definition) is 8. The Kier molecular flexibility index (Phi) is 72.6. The molecule has 0 spiro atoms. The van der Waals surface area contributed by atoms with Gasteiger partial charge in [0.2, 0.25) is 0 Å². The van der Waals surface area contributed by atoms with Gasteiger partial charge in [-0.1, -0.05) is 33.9 Å². The predicted octanol–water partition coefficient (Wildman–Crippen LogP) is 0.0120. The van der Waals surface area contributed by atoms with Gasteiger partial charge in [0, 0.05) is 32.0 Å². The van der Waals surface area contributed by atoms with Crippen LogP contribution in [-0.4, -0.2) is 91.9 Å². The quantitative estimate of drug-likeness (QED) is 0.262. The molecular weight excluding hydrogens is 376 g/mol. The van der Waals surface area contributed by atoms with Crippen molar-refractivity contribution in [2.75, 3.05) is 33.0 Å². The van der Waals surface area contributed by atoms with E-state index in [1.807, 2.05) is 20.8 Å². The van der Waals surface area contributed by atoms with E-state index < -0.39 is 18.0 Å². The van der Waals surface area contributed by atoms with Crippen LogP contribution in [0.4, 0.5) is 0 Å². The van der Waals surface area contributed by atoms with Gasteiger partial charge in [-0.15, -0.1) is 0 Å². The SMILES string of the molecule is C=CC(=O)O.C=CC(=O)O.CCCO.CCCO.CCCO.OCC(O)CO. The Labute approximate surface area is 167 Å². The maximum absolute atomic E-state index is 9.25. The second-order valence-electron chi connectivity index (χ2n) is 4.27. The van der Waals surface area contributed by atoms with Crippen LogP contribution < -0.4 is 0 Å². The summed E-state index contributed by atoms with van der Waals surface area (Å²) in [5.41, 5.74) is 0. The smallest absolute Gasteiger partial charge is 0.327 e. The monoisotopic (exact) mass is 416 g/mol. The van der Waals surface area contributed by atoms with Gasteiger partial charge in [-0.3, -0.25) is 0 Å². The predicted molar refractivity (Wildman–Crippen MR) is 108 cm³/mol. The molecule has 0 aromatic rings. The molecule has 0 aromatic carbocycles. The minimum Gasteiger partial charge on any atom is -0.478 e. The van der Waals surface area contributed by atoms with Gasteiger partial charge in [-0.2, -0.15) is 0 Å². The van der Waals surface area contributed by atoms with Gasteiger partial charge in [0.25, 0.3) is 0 Å². The van der Waals surface area contributed by atoms with Crippen molar-refractivity contribution in [3.05, 3.63) is 25.3 Å². The van der Waals surface area contributed by atoms with Gasteiger partial charge in [0.1, 0.15) is 6.10 Å². The van der Waals surface area contributed by atoms with Gasteiger partial charge in [-0.05, 0) is 19.3 Å². The summed E-state index contributed by atoms with van der Waals surface area (Å²) in [6.45, 7) is 11.9. The van der Waals surface area contributed by atoms with Crippen molar-refractivity contribution < 1.29 is 50.4 Å². The fourth-order valence-electron chi connectivity index (χ4n) is 0.0577. The summed E-state index contributed by atoms with van der Waals surface area (Å²) in [7, 11) is 0. The molecule has 0 radical (unpaired) electrons. The van der Waals surface area contributed by atoms with E-state index in [0.29, 0.717) is 19.8 Å².